The molecule has 1 aromatic heterocycles. The van der Waals surface area contributed by atoms with Crippen LogP contribution in [-0.2, 0) is 17.9 Å². The molecule has 1 N–H and O–H groups in total. The van der Waals surface area contributed by atoms with Gasteiger partial charge >= 0.3 is 0 Å². The van der Waals surface area contributed by atoms with Crippen molar-refractivity contribution >= 4 is 17.7 Å². The molecule has 0 saturated heterocycles. The van der Waals surface area contributed by atoms with Gasteiger partial charge in [-0.25, -0.2) is 0 Å². The Labute approximate surface area is 165 Å². The number of thioether (sulfide) groups is 1. The van der Waals surface area contributed by atoms with E-state index in [0.29, 0.717) is 18.4 Å². The highest BCUT2D eigenvalue weighted by molar-refractivity contribution is 7.99. The molecular weight excluding hydrogens is 360 g/mol. The van der Waals surface area contributed by atoms with Crippen molar-refractivity contribution in [2.24, 2.45) is 0 Å². The first-order valence-electron chi connectivity index (χ1n) is 9.69. The van der Waals surface area contributed by atoms with Crippen LogP contribution in [0.5, 0.6) is 5.75 Å². The number of amides is 1. The van der Waals surface area contributed by atoms with Gasteiger partial charge in [-0.15, -0.1) is 10.2 Å². The molecule has 0 aliphatic heterocycles. The quantitative estimate of drug-likeness (QED) is 0.698. The van der Waals surface area contributed by atoms with Gasteiger partial charge in [0.2, 0.25) is 5.91 Å². The monoisotopic (exact) mass is 388 g/mol. The number of aryl methyl sites for hydroxylation is 1. The Morgan fingerprint density at radius 2 is 2.11 bits per heavy atom. The van der Waals surface area contributed by atoms with Crippen LogP contribution in [0, 0.1) is 6.92 Å². The normalized spacial score (nSPS) is 14.9. The van der Waals surface area contributed by atoms with Gasteiger partial charge in [0, 0.05) is 12.6 Å². The van der Waals surface area contributed by atoms with Crippen LogP contribution >= 0.6 is 11.8 Å². The Morgan fingerprint density at radius 3 is 2.85 bits per heavy atom. The standard InChI is InChI=1S/C20H28N4O2S/c1-3-24-18(13-26-17-11-7-8-15(2)12-17)22-23-20(24)27-14-19(25)21-16-9-5-4-6-10-16/h7-8,11-12,16H,3-6,9-10,13-14H2,1-2H3,(H,21,25). The summed E-state index contributed by atoms with van der Waals surface area (Å²) in [6, 6.07) is 8.29. The summed E-state index contributed by atoms with van der Waals surface area (Å²) in [4.78, 5) is 12.2. The van der Waals surface area contributed by atoms with Crippen molar-refractivity contribution in [1.82, 2.24) is 20.1 Å². The summed E-state index contributed by atoms with van der Waals surface area (Å²) < 4.78 is 7.85. The summed E-state index contributed by atoms with van der Waals surface area (Å²) in [5.41, 5.74) is 1.16. The second kappa shape index (κ2) is 9.78. The lowest BCUT2D eigenvalue weighted by Crippen LogP contribution is -2.37. The summed E-state index contributed by atoms with van der Waals surface area (Å²) in [5.74, 6) is 2.04. The van der Waals surface area contributed by atoms with Gasteiger partial charge < -0.3 is 14.6 Å². The van der Waals surface area contributed by atoms with E-state index < -0.39 is 0 Å². The SMILES string of the molecule is CCn1c(COc2cccc(C)c2)nnc1SCC(=O)NC1CCCCC1. The molecule has 146 valence electrons. The number of hydrogen-bond donors (Lipinski definition) is 1. The van der Waals surface area contributed by atoms with E-state index in [-0.39, 0.29) is 5.91 Å². The molecule has 2 aromatic rings. The minimum Gasteiger partial charge on any atom is -0.486 e. The van der Waals surface area contributed by atoms with Gasteiger partial charge in [0.1, 0.15) is 12.4 Å². The number of ether oxygens (including phenoxy) is 1. The van der Waals surface area contributed by atoms with Gasteiger partial charge in [0.15, 0.2) is 11.0 Å². The first kappa shape index (κ1) is 19.7. The molecule has 0 atom stereocenters. The number of benzene rings is 1. The van der Waals surface area contributed by atoms with Crippen molar-refractivity contribution in [2.45, 2.75) is 70.3 Å². The van der Waals surface area contributed by atoms with E-state index in [1.807, 2.05) is 42.7 Å². The highest BCUT2D eigenvalue weighted by Crippen LogP contribution is 2.20. The lowest BCUT2D eigenvalue weighted by molar-refractivity contribution is -0.119. The zero-order chi connectivity index (χ0) is 19.1. The van der Waals surface area contributed by atoms with Crippen LogP contribution in [0.3, 0.4) is 0 Å². The van der Waals surface area contributed by atoms with E-state index in [0.717, 1.165) is 41.7 Å². The highest BCUT2D eigenvalue weighted by Gasteiger charge is 2.17. The maximum Gasteiger partial charge on any atom is 0.230 e. The van der Waals surface area contributed by atoms with Crippen molar-refractivity contribution in [1.29, 1.82) is 0 Å². The van der Waals surface area contributed by atoms with Crippen molar-refractivity contribution < 1.29 is 9.53 Å². The summed E-state index contributed by atoms with van der Waals surface area (Å²) in [6.45, 7) is 5.19. The predicted molar refractivity (Wildman–Crippen MR) is 107 cm³/mol. The second-order valence-corrected chi connectivity index (χ2v) is 7.88. The van der Waals surface area contributed by atoms with Gasteiger partial charge in [0.05, 0.1) is 5.75 Å². The molecule has 0 radical (unpaired) electrons. The first-order valence-corrected chi connectivity index (χ1v) is 10.7. The van der Waals surface area contributed by atoms with Crippen molar-refractivity contribution in [3.05, 3.63) is 35.7 Å². The molecule has 0 spiro atoms. The van der Waals surface area contributed by atoms with Gasteiger partial charge in [-0.05, 0) is 44.4 Å². The van der Waals surface area contributed by atoms with Crippen molar-refractivity contribution in [3.8, 4) is 5.75 Å². The molecule has 0 unspecified atom stereocenters. The fourth-order valence-corrected chi connectivity index (χ4v) is 4.18. The average Bonchev–Trinajstić information content (AvgIpc) is 3.07. The zero-order valence-corrected chi connectivity index (χ0v) is 16.9. The topological polar surface area (TPSA) is 69.0 Å². The molecule has 1 aromatic carbocycles. The van der Waals surface area contributed by atoms with E-state index in [4.69, 9.17) is 4.74 Å². The van der Waals surface area contributed by atoms with Crippen molar-refractivity contribution in [2.75, 3.05) is 5.75 Å². The third-order valence-corrected chi connectivity index (χ3v) is 5.74. The van der Waals surface area contributed by atoms with Crippen LogP contribution in [0.4, 0.5) is 0 Å². The molecule has 1 amide bonds. The predicted octanol–water partition coefficient (Wildman–Crippen LogP) is 3.73. The smallest absolute Gasteiger partial charge is 0.230 e. The van der Waals surface area contributed by atoms with E-state index >= 15 is 0 Å². The number of hydrogen-bond acceptors (Lipinski definition) is 5. The van der Waals surface area contributed by atoms with Crippen LogP contribution in [0.1, 0.15) is 50.4 Å². The van der Waals surface area contributed by atoms with E-state index in [1.165, 1.54) is 31.0 Å². The van der Waals surface area contributed by atoms with E-state index in [2.05, 4.69) is 15.5 Å². The first-order chi connectivity index (χ1) is 13.2. The van der Waals surface area contributed by atoms with Crippen LogP contribution in [0.15, 0.2) is 29.4 Å². The Kier molecular flexibility index (Phi) is 7.15. The van der Waals surface area contributed by atoms with Crippen LogP contribution < -0.4 is 10.1 Å². The third-order valence-electron chi connectivity index (χ3n) is 4.77. The van der Waals surface area contributed by atoms with E-state index in [1.54, 1.807) is 0 Å². The number of nitrogens with one attached hydrogen (secondary N) is 1. The largest absolute Gasteiger partial charge is 0.486 e. The molecule has 27 heavy (non-hydrogen) atoms. The van der Waals surface area contributed by atoms with E-state index in [9.17, 15) is 4.79 Å². The van der Waals surface area contributed by atoms with Gasteiger partial charge in [0.25, 0.3) is 0 Å². The molecule has 0 bridgehead atoms. The Bertz CT molecular complexity index is 756. The minimum absolute atomic E-state index is 0.0788. The van der Waals surface area contributed by atoms with Crippen LogP contribution in [0.25, 0.3) is 0 Å². The second-order valence-electron chi connectivity index (χ2n) is 6.94. The van der Waals surface area contributed by atoms with Crippen molar-refractivity contribution in [3.63, 3.8) is 0 Å². The third kappa shape index (κ3) is 5.73. The number of nitrogens with zero attached hydrogens (tertiary/aromatic N) is 3. The lowest BCUT2D eigenvalue weighted by atomic mass is 9.95. The maximum atomic E-state index is 12.2. The Hall–Kier alpha value is -2.02. The molecule has 1 aliphatic rings. The molecule has 1 fully saturated rings. The Balaban J connectivity index is 1.52. The lowest BCUT2D eigenvalue weighted by Gasteiger charge is -2.22. The number of rotatable bonds is 8. The zero-order valence-electron chi connectivity index (χ0n) is 16.1. The molecule has 1 heterocycles. The number of carbonyl (C=O) groups excluding carboxylic acids is 1. The molecular formula is C20H28N4O2S. The summed E-state index contributed by atoms with van der Waals surface area (Å²) in [7, 11) is 0. The maximum absolute atomic E-state index is 12.2. The minimum atomic E-state index is 0.0788. The summed E-state index contributed by atoms with van der Waals surface area (Å²) >= 11 is 1.44. The molecule has 1 saturated carbocycles. The number of carbonyl (C=O) groups is 1. The highest BCUT2D eigenvalue weighted by atomic mass is 32.2. The van der Waals surface area contributed by atoms with Crippen LogP contribution in [0.2, 0.25) is 0 Å². The summed E-state index contributed by atoms with van der Waals surface area (Å²) in [6.07, 6.45) is 5.91. The molecule has 3 rings (SSSR count). The van der Waals surface area contributed by atoms with Crippen LogP contribution in [-0.4, -0.2) is 32.5 Å². The fraction of sp³-hybridized carbons (Fsp3) is 0.550. The molecule has 6 nitrogen and oxygen atoms in total. The number of aromatic nitrogens is 3. The fourth-order valence-electron chi connectivity index (χ4n) is 3.35. The van der Waals surface area contributed by atoms with Gasteiger partial charge in [-0.2, -0.15) is 0 Å². The summed E-state index contributed by atoms with van der Waals surface area (Å²) in [5, 5.41) is 12.4. The average molecular weight is 389 g/mol. The van der Waals surface area contributed by atoms with Gasteiger partial charge in [-0.3, -0.25) is 4.79 Å². The van der Waals surface area contributed by atoms with Gasteiger partial charge in [-0.1, -0.05) is 43.2 Å². The molecule has 7 heteroatoms. The molecule has 1 aliphatic carbocycles. The Morgan fingerprint density at radius 1 is 1.30 bits per heavy atom.